The van der Waals surface area contributed by atoms with Crippen LogP contribution in [-0.4, -0.2) is 42.8 Å². The Balaban J connectivity index is 2.48. The molecule has 0 radical (unpaired) electrons. The molecular formula is C12H24N2O2. The van der Waals surface area contributed by atoms with E-state index in [1.165, 1.54) is 0 Å². The minimum atomic E-state index is -0.408. The quantitative estimate of drug-likeness (QED) is 0.746. The zero-order valence-corrected chi connectivity index (χ0v) is 10.9. The van der Waals surface area contributed by atoms with Crippen molar-refractivity contribution in [3.8, 4) is 0 Å². The van der Waals surface area contributed by atoms with E-state index in [4.69, 9.17) is 4.74 Å². The molecule has 0 aromatic heterocycles. The molecule has 0 aromatic carbocycles. The van der Waals surface area contributed by atoms with Crippen molar-refractivity contribution in [3.63, 3.8) is 0 Å². The Kier molecular flexibility index (Phi) is 4.59. The smallest absolute Gasteiger partial charge is 0.410 e. The average Bonchev–Trinajstić information content (AvgIpc) is 2.41. The molecule has 1 amide bonds. The standard InChI is InChI=1S/C12H24N2O2/c1-12(2,3)16-11(15)14(4)10-6-5-8-13-9-7-10/h10,13H,5-9H2,1-4H3. The molecule has 1 atom stereocenters. The van der Waals surface area contributed by atoms with Gasteiger partial charge < -0.3 is 15.0 Å². The lowest BCUT2D eigenvalue weighted by Crippen LogP contribution is -2.41. The van der Waals surface area contributed by atoms with Crippen LogP contribution in [0.5, 0.6) is 0 Å². The molecule has 4 heteroatoms. The van der Waals surface area contributed by atoms with Gasteiger partial charge in [0.15, 0.2) is 0 Å². The van der Waals surface area contributed by atoms with Crippen LogP contribution in [0.2, 0.25) is 0 Å². The molecule has 1 unspecified atom stereocenters. The van der Waals surface area contributed by atoms with Gasteiger partial charge in [0.05, 0.1) is 0 Å². The van der Waals surface area contributed by atoms with Gasteiger partial charge in [0.25, 0.3) is 0 Å². The number of carbonyl (C=O) groups is 1. The van der Waals surface area contributed by atoms with Crippen LogP contribution in [0.15, 0.2) is 0 Å². The van der Waals surface area contributed by atoms with Crippen molar-refractivity contribution in [3.05, 3.63) is 0 Å². The largest absolute Gasteiger partial charge is 0.444 e. The highest BCUT2D eigenvalue weighted by molar-refractivity contribution is 5.68. The highest BCUT2D eigenvalue weighted by Gasteiger charge is 2.25. The van der Waals surface area contributed by atoms with E-state index >= 15 is 0 Å². The summed E-state index contributed by atoms with van der Waals surface area (Å²) < 4.78 is 5.36. The third-order valence-electron chi connectivity index (χ3n) is 2.77. The molecule has 1 saturated heterocycles. The monoisotopic (exact) mass is 228 g/mol. The van der Waals surface area contributed by atoms with Crippen LogP contribution in [0.3, 0.4) is 0 Å². The number of nitrogens with zero attached hydrogens (tertiary/aromatic N) is 1. The molecule has 1 aliphatic heterocycles. The summed E-state index contributed by atoms with van der Waals surface area (Å²) in [5, 5.41) is 3.34. The Morgan fingerprint density at radius 2 is 2.00 bits per heavy atom. The topological polar surface area (TPSA) is 41.6 Å². The minimum absolute atomic E-state index is 0.209. The van der Waals surface area contributed by atoms with Gasteiger partial charge in [-0.15, -0.1) is 0 Å². The van der Waals surface area contributed by atoms with E-state index in [9.17, 15) is 4.79 Å². The number of nitrogens with one attached hydrogen (secondary N) is 1. The minimum Gasteiger partial charge on any atom is -0.444 e. The highest BCUT2D eigenvalue weighted by atomic mass is 16.6. The molecule has 0 saturated carbocycles. The van der Waals surface area contributed by atoms with Crippen LogP contribution in [0.25, 0.3) is 0 Å². The molecular weight excluding hydrogens is 204 g/mol. The number of hydrogen-bond acceptors (Lipinski definition) is 3. The Morgan fingerprint density at radius 1 is 1.31 bits per heavy atom. The highest BCUT2D eigenvalue weighted by Crippen LogP contribution is 2.15. The van der Waals surface area contributed by atoms with Gasteiger partial charge in [-0.3, -0.25) is 0 Å². The fourth-order valence-electron chi connectivity index (χ4n) is 1.87. The molecule has 0 bridgehead atoms. The van der Waals surface area contributed by atoms with Crippen molar-refractivity contribution in [1.29, 1.82) is 0 Å². The lowest BCUT2D eigenvalue weighted by atomic mass is 10.1. The summed E-state index contributed by atoms with van der Waals surface area (Å²) in [6.45, 7) is 7.73. The summed E-state index contributed by atoms with van der Waals surface area (Å²) in [7, 11) is 1.84. The molecule has 0 spiro atoms. The van der Waals surface area contributed by atoms with E-state index in [0.29, 0.717) is 6.04 Å². The van der Waals surface area contributed by atoms with Gasteiger partial charge in [-0.2, -0.15) is 0 Å². The van der Waals surface area contributed by atoms with E-state index in [1.807, 2.05) is 27.8 Å². The molecule has 4 nitrogen and oxygen atoms in total. The number of carbonyl (C=O) groups excluding carboxylic acids is 1. The first-order valence-electron chi connectivity index (χ1n) is 6.06. The van der Waals surface area contributed by atoms with Crippen molar-refractivity contribution in [2.45, 2.75) is 51.7 Å². The lowest BCUT2D eigenvalue weighted by Gasteiger charge is -2.30. The van der Waals surface area contributed by atoms with Gasteiger partial charge in [0.1, 0.15) is 5.60 Å². The number of rotatable bonds is 1. The second-order valence-corrected chi connectivity index (χ2v) is 5.43. The van der Waals surface area contributed by atoms with Gasteiger partial charge in [0, 0.05) is 13.1 Å². The zero-order valence-electron chi connectivity index (χ0n) is 10.9. The Hall–Kier alpha value is -0.770. The van der Waals surface area contributed by atoms with E-state index in [2.05, 4.69) is 5.32 Å². The average molecular weight is 228 g/mol. The molecule has 94 valence electrons. The summed E-state index contributed by atoms with van der Waals surface area (Å²) in [4.78, 5) is 13.6. The van der Waals surface area contributed by atoms with E-state index < -0.39 is 5.60 Å². The first-order valence-corrected chi connectivity index (χ1v) is 6.06. The SMILES string of the molecule is CN(C(=O)OC(C)(C)C)C1CCCNCC1. The van der Waals surface area contributed by atoms with Crippen LogP contribution in [-0.2, 0) is 4.74 Å². The van der Waals surface area contributed by atoms with Crippen LogP contribution in [0.4, 0.5) is 4.79 Å². The fourth-order valence-corrected chi connectivity index (χ4v) is 1.87. The summed E-state index contributed by atoms with van der Waals surface area (Å²) in [5.74, 6) is 0. The number of ether oxygens (including phenoxy) is 1. The second kappa shape index (κ2) is 5.53. The maximum Gasteiger partial charge on any atom is 0.410 e. The van der Waals surface area contributed by atoms with Crippen molar-refractivity contribution in [2.75, 3.05) is 20.1 Å². The third-order valence-corrected chi connectivity index (χ3v) is 2.77. The van der Waals surface area contributed by atoms with Crippen molar-refractivity contribution < 1.29 is 9.53 Å². The van der Waals surface area contributed by atoms with Crippen LogP contribution in [0.1, 0.15) is 40.0 Å². The maximum atomic E-state index is 11.9. The first kappa shape index (κ1) is 13.3. The zero-order chi connectivity index (χ0) is 12.2. The third kappa shape index (κ3) is 4.39. The molecule has 1 N–H and O–H groups in total. The Bertz CT molecular complexity index is 228. The molecule has 1 rings (SSSR count). The van der Waals surface area contributed by atoms with Crippen LogP contribution in [0, 0.1) is 0 Å². The van der Waals surface area contributed by atoms with Crippen molar-refractivity contribution in [1.82, 2.24) is 10.2 Å². The van der Waals surface area contributed by atoms with Crippen LogP contribution >= 0.6 is 0 Å². The van der Waals surface area contributed by atoms with E-state index in [0.717, 1.165) is 32.4 Å². The molecule has 0 aromatic rings. The van der Waals surface area contributed by atoms with Crippen molar-refractivity contribution >= 4 is 6.09 Å². The Labute approximate surface area is 98.3 Å². The molecule has 1 aliphatic rings. The van der Waals surface area contributed by atoms with Gasteiger partial charge in [0.2, 0.25) is 0 Å². The van der Waals surface area contributed by atoms with Gasteiger partial charge in [-0.1, -0.05) is 0 Å². The molecule has 0 aliphatic carbocycles. The summed E-state index contributed by atoms with van der Waals surface area (Å²) >= 11 is 0. The summed E-state index contributed by atoms with van der Waals surface area (Å²) in [6, 6.07) is 0.310. The molecule has 1 heterocycles. The maximum absolute atomic E-state index is 11.9. The first-order chi connectivity index (χ1) is 7.40. The molecule has 16 heavy (non-hydrogen) atoms. The normalized spacial score (nSPS) is 22.4. The lowest BCUT2D eigenvalue weighted by molar-refractivity contribution is 0.0211. The predicted molar refractivity (Wildman–Crippen MR) is 64.5 cm³/mol. The van der Waals surface area contributed by atoms with Crippen molar-refractivity contribution in [2.24, 2.45) is 0 Å². The predicted octanol–water partition coefficient (Wildman–Crippen LogP) is 2.00. The van der Waals surface area contributed by atoms with Gasteiger partial charge >= 0.3 is 6.09 Å². The van der Waals surface area contributed by atoms with E-state index in [-0.39, 0.29) is 6.09 Å². The summed E-state index contributed by atoms with van der Waals surface area (Å²) in [6.07, 6.45) is 2.98. The molecule has 1 fully saturated rings. The number of amides is 1. The second-order valence-electron chi connectivity index (χ2n) is 5.43. The van der Waals surface area contributed by atoms with Gasteiger partial charge in [-0.05, 0) is 53.1 Å². The summed E-state index contributed by atoms with van der Waals surface area (Å²) in [5.41, 5.74) is -0.408. The van der Waals surface area contributed by atoms with E-state index in [1.54, 1.807) is 4.90 Å². The van der Waals surface area contributed by atoms with Crippen LogP contribution < -0.4 is 5.32 Å². The van der Waals surface area contributed by atoms with Gasteiger partial charge in [-0.25, -0.2) is 4.79 Å². The Morgan fingerprint density at radius 3 is 2.62 bits per heavy atom. The fraction of sp³-hybridized carbons (Fsp3) is 0.917. The number of hydrogen-bond donors (Lipinski definition) is 1.